The predicted octanol–water partition coefficient (Wildman–Crippen LogP) is 0.470. The second-order valence-electron chi connectivity index (χ2n) is 5.81. The Morgan fingerprint density at radius 1 is 1.04 bits per heavy atom. The molecule has 3 rings (SSSR count). The average molecular weight is 340 g/mol. The molecule has 0 radical (unpaired) electrons. The maximum Gasteiger partial charge on any atom is 0.272 e. The highest BCUT2D eigenvalue weighted by Gasteiger charge is 2.20. The fourth-order valence-corrected chi connectivity index (χ4v) is 2.64. The maximum absolute atomic E-state index is 12.1. The first kappa shape index (κ1) is 16.8. The van der Waals surface area contributed by atoms with Gasteiger partial charge in [0.05, 0.1) is 0 Å². The molecule has 0 spiro atoms. The maximum atomic E-state index is 12.1. The summed E-state index contributed by atoms with van der Waals surface area (Å²) in [4.78, 5) is 31.3. The summed E-state index contributed by atoms with van der Waals surface area (Å²) < 4.78 is 0. The van der Waals surface area contributed by atoms with Crippen molar-refractivity contribution in [2.45, 2.75) is 13.5 Å². The molecule has 1 saturated heterocycles. The number of anilines is 1. The topological polar surface area (TPSA) is 91.3 Å². The van der Waals surface area contributed by atoms with E-state index in [0.717, 1.165) is 5.56 Å². The van der Waals surface area contributed by atoms with Crippen molar-refractivity contribution < 1.29 is 9.59 Å². The Bertz CT molecular complexity index is 727. The van der Waals surface area contributed by atoms with E-state index in [1.807, 2.05) is 17.0 Å². The highest BCUT2D eigenvalue weighted by Crippen LogP contribution is 2.13. The minimum absolute atomic E-state index is 0.0898. The van der Waals surface area contributed by atoms with Crippen LogP contribution in [0.2, 0.25) is 0 Å². The van der Waals surface area contributed by atoms with Crippen molar-refractivity contribution in [2.24, 2.45) is 0 Å². The van der Waals surface area contributed by atoms with Crippen LogP contribution in [0.1, 0.15) is 23.0 Å². The van der Waals surface area contributed by atoms with Crippen LogP contribution in [0.3, 0.4) is 0 Å². The summed E-state index contributed by atoms with van der Waals surface area (Å²) >= 11 is 0. The standard InChI is InChI=1S/C17H20N6O2/c1-13(24)22-8-10-23(11-9-22)16-3-2-15(20-21-16)17(25)19-12-14-4-6-18-7-5-14/h2-7H,8-12H2,1H3,(H,19,25). The molecule has 2 aromatic heterocycles. The zero-order chi connectivity index (χ0) is 17.6. The number of amides is 2. The Labute approximate surface area is 145 Å². The molecule has 25 heavy (non-hydrogen) atoms. The van der Waals surface area contributed by atoms with E-state index in [1.54, 1.807) is 31.5 Å². The smallest absolute Gasteiger partial charge is 0.272 e. The van der Waals surface area contributed by atoms with Crippen LogP contribution in [0.4, 0.5) is 5.82 Å². The van der Waals surface area contributed by atoms with Crippen molar-refractivity contribution in [3.05, 3.63) is 47.9 Å². The van der Waals surface area contributed by atoms with Crippen LogP contribution >= 0.6 is 0 Å². The van der Waals surface area contributed by atoms with E-state index < -0.39 is 0 Å². The number of hydrogen-bond acceptors (Lipinski definition) is 6. The monoisotopic (exact) mass is 340 g/mol. The van der Waals surface area contributed by atoms with E-state index in [-0.39, 0.29) is 17.5 Å². The summed E-state index contributed by atoms with van der Waals surface area (Å²) in [5.74, 6) is 0.540. The first-order valence-corrected chi connectivity index (χ1v) is 8.15. The number of carbonyl (C=O) groups excluding carboxylic acids is 2. The summed E-state index contributed by atoms with van der Waals surface area (Å²) in [6.07, 6.45) is 3.36. The molecule has 130 valence electrons. The van der Waals surface area contributed by atoms with E-state index in [9.17, 15) is 9.59 Å². The van der Waals surface area contributed by atoms with E-state index in [2.05, 4.69) is 25.4 Å². The van der Waals surface area contributed by atoms with Gasteiger partial charge in [0.1, 0.15) is 0 Å². The SMILES string of the molecule is CC(=O)N1CCN(c2ccc(C(=O)NCc3ccncc3)nn2)CC1. The molecular weight excluding hydrogens is 320 g/mol. The zero-order valence-electron chi connectivity index (χ0n) is 14.1. The molecule has 8 nitrogen and oxygen atoms in total. The predicted molar refractivity (Wildman–Crippen MR) is 91.9 cm³/mol. The molecule has 0 aromatic carbocycles. The number of rotatable bonds is 4. The van der Waals surface area contributed by atoms with Gasteiger partial charge in [0.2, 0.25) is 5.91 Å². The van der Waals surface area contributed by atoms with Gasteiger partial charge >= 0.3 is 0 Å². The Kier molecular flexibility index (Phi) is 5.17. The van der Waals surface area contributed by atoms with Gasteiger partial charge < -0.3 is 15.1 Å². The molecule has 2 aromatic rings. The van der Waals surface area contributed by atoms with Gasteiger partial charge in [-0.25, -0.2) is 0 Å². The van der Waals surface area contributed by atoms with Crippen LogP contribution in [0.5, 0.6) is 0 Å². The van der Waals surface area contributed by atoms with Crippen molar-refractivity contribution >= 4 is 17.6 Å². The lowest BCUT2D eigenvalue weighted by atomic mass is 10.2. The lowest BCUT2D eigenvalue weighted by Crippen LogP contribution is -2.48. The Morgan fingerprint density at radius 2 is 1.76 bits per heavy atom. The molecule has 0 aliphatic carbocycles. The number of pyridine rings is 1. The first-order valence-electron chi connectivity index (χ1n) is 8.15. The van der Waals surface area contributed by atoms with Crippen molar-refractivity contribution in [1.29, 1.82) is 0 Å². The summed E-state index contributed by atoms with van der Waals surface area (Å²) in [7, 11) is 0. The number of piperazine rings is 1. The van der Waals surface area contributed by atoms with Crippen molar-refractivity contribution in [3.8, 4) is 0 Å². The molecule has 8 heteroatoms. The first-order chi connectivity index (χ1) is 12.1. The third-order valence-electron chi connectivity index (χ3n) is 4.13. The van der Waals surface area contributed by atoms with Crippen LogP contribution in [0.25, 0.3) is 0 Å². The van der Waals surface area contributed by atoms with E-state index in [1.165, 1.54) is 0 Å². The van der Waals surface area contributed by atoms with Gasteiger partial charge in [0.15, 0.2) is 11.5 Å². The number of hydrogen-bond donors (Lipinski definition) is 1. The van der Waals surface area contributed by atoms with E-state index in [4.69, 9.17) is 0 Å². The Hall–Kier alpha value is -3.03. The van der Waals surface area contributed by atoms with Gasteiger partial charge in [-0.15, -0.1) is 10.2 Å². The largest absolute Gasteiger partial charge is 0.352 e. The minimum Gasteiger partial charge on any atom is -0.352 e. The highest BCUT2D eigenvalue weighted by atomic mass is 16.2. The van der Waals surface area contributed by atoms with E-state index in [0.29, 0.717) is 38.5 Å². The van der Waals surface area contributed by atoms with Crippen LogP contribution < -0.4 is 10.2 Å². The lowest BCUT2D eigenvalue weighted by Gasteiger charge is -2.34. The second-order valence-corrected chi connectivity index (χ2v) is 5.81. The van der Waals surface area contributed by atoms with Crippen molar-refractivity contribution in [2.75, 3.05) is 31.1 Å². The number of aromatic nitrogens is 3. The normalized spacial score (nSPS) is 14.3. The van der Waals surface area contributed by atoms with Gasteiger partial charge in [0.25, 0.3) is 5.91 Å². The number of carbonyl (C=O) groups is 2. The Balaban J connectivity index is 1.55. The summed E-state index contributed by atoms with van der Waals surface area (Å²) in [6, 6.07) is 7.14. The van der Waals surface area contributed by atoms with Crippen LogP contribution in [-0.2, 0) is 11.3 Å². The molecular formula is C17H20N6O2. The molecule has 1 fully saturated rings. The summed E-state index contributed by atoms with van der Waals surface area (Å²) in [5.41, 5.74) is 1.25. The Morgan fingerprint density at radius 3 is 2.36 bits per heavy atom. The highest BCUT2D eigenvalue weighted by molar-refractivity contribution is 5.92. The van der Waals surface area contributed by atoms with Crippen molar-refractivity contribution in [3.63, 3.8) is 0 Å². The summed E-state index contributed by atoms with van der Waals surface area (Å²) in [6.45, 7) is 4.76. The van der Waals surface area contributed by atoms with Crippen LogP contribution in [0.15, 0.2) is 36.7 Å². The van der Waals surface area contributed by atoms with Gasteiger partial charge in [-0.05, 0) is 29.8 Å². The molecule has 1 aliphatic heterocycles. The second kappa shape index (κ2) is 7.69. The average Bonchev–Trinajstić information content (AvgIpc) is 2.67. The van der Waals surface area contributed by atoms with Crippen LogP contribution in [-0.4, -0.2) is 58.1 Å². The molecule has 0 unspecified atom stereocenters. The molecule has 1 N–H and O–H groups in total. The number of nitrogens with one attached hydrogen (secondary N) is 1. The molecule has 2 amide bonds. The zero-order valence-corrected chi connectivity index (χ0v) is 14.1. The van der Waals surface area contributed by atoms with Gasteiger partial charge in [-0.3, -0.25) is 14.6 Å². The fourth-order valence-electron chi connectivity index (χ4n) is 2.64. The van der Waals surface area contributed by atoms with Gasteiger partial charge in [-0.1, -0.05) is 0 Å². The molecule has 3 heterocycles. The lowest BCUT2D eigenvalue weighted by molar-refractivity contribution is -0.129. The summed E-state index contributed by atoms with van der Waals surface area (Å²) in [5, 5.41) is 11.0. The quantitative estimate of drug-likeness (QED) is 0.870. The molecule has 0 bridgehead atoms. The molecule has 0 atom stereocenters. The van der Waals surface area contributed by atoms with Gasteiger partial charge in [-0.2, -0.15) is 0 Å². The molecule has 0 saturated carbocycles. The number of nitrogens with zero attached hydrogens (tertiary/aromatic N) is 5. The minimum atomic E-state index is -0.266. The third kappa shape index (κ3) is 4.28. The van der Waals surface area contributed by atoms with Crippen molar-refractivity contribution in [1.82, 2.24) is 25.4 Å². The molecule has 1 aliphatic rings. The van der Waals surface area contributed by atoms with Crippen LogP contribution in [0, 0.1) is 0 Å². The van der Waals surface area contributed by atoms with E-state index >= 15 is 0 Å². The van der Waals surface area contributed by atoms with Gasteiger partial charge in [0, 0.05) is 52.0 Å². The fraction of sp³-hybridized carbons (Fsp3) is 0.353. The third-order valence-corrected chi connectivity index (χ3v) is 4.13.